The molecule has 1 aliphatic rings. The summed E-state index contributed by atoms with van der Waals surface area (Å²) >= 11 is 0. The normalized spacial score (nSPS) is 24.3. The first-order valence-electron chi connectivity index (χ1n) is 6.04. The number of anilines is 1. The van der Waals surface area contributed by atoms with Crippen LogP contribution >= 0.6 is 0 Å². The van der Waals surface area contributed by atoms with Crippen molar-refractivity contribution in [1.29, 1.82) is 0 Å². The number of aliphatic hydroxyl groups excluding tert-OH is 2. The Morgan fingerprint density at radius 3 is 2.78 bits per heavy atom. The number of benzene rings is 1. The summed E-state index contributed by atoms with van der Waals surface area (Å²) in [7, 11) is 0. The Hall–Kier alpha value is -1.17. The second-order valence-corrected chi connectivity index (χ2v) is 4.63. The van der Waals surface area contributed by atoms with Crippen molar-refractivity contribution in [3.63, 3.8) is 0 Å². The molecule has 4 nitrogen and oxygen atoms in total. The Bertz CT molecular complexity index is 413. The van der Waals surface area contributed by atoms with E-state index in [1.807, 2.05) is 11.8 Å². The zero-order chi connectivity index (χ0) is 13.1. The van der Waals surface area contributed by atoms with Gasteiger partial charge in [0, 0.05) is 18.8 Å². The molecule has 1 saturated heterocycles. The standard InChI is InChI=1S/C13H18FNO3/c1-9-5-15(6-13(8-17)18-9)12-3-10(7-16)2-11(14)4-12/h2-4,9,13,16-17H,5-8H2,1H3. The Balaban J connectivity index is 2.21. The zero-order valence-electron chi connectivity index (χ0n) is 10.3. The maximum atomic E-state index is 13.4. The van der Waals surface area contributed by atoms with E-state index in [-0.39, 0.29) is 31.2 Å². The van der Waals surface area contributed by atoms with E-state index >= 15 is 0 Å². The average molecular weight is 255 g/mol. The van der Waals surface area contributed by atoms with Crippen molar-refractivity contribution in [2.24, 2.45) is 0 Å². The van der Waals surface area contributed by atoms with Crippen LogP contribution in [0.25, 0.3) is 0 Å². The van der Waals surface area contributed by atoms with Crippen molar-refractivity contribution < 1.29 is 19.3 Å². The van der Waals surface area contributed by atoms with Crippen LogP contribution in [-0.2, 0) is 11.3 Å². The molecule has 1 aromatic carbocycles. The molecule has 0 aliphatic carbocycles. The minimum atomic E-state index is -0.365. The Kier molecular flexibility index (Phi) is 4.16. The quantitative estimate of drug-likeness (QED) is 0.842. The fraction of sp³-hybridized carbons (Fsp3) is 0.538. The molecule has 2 N–H and O–H groups in total. The van der Waals surface area contributed by atoms with Crippen LogP contribution in [-0.4, -0.2) is 42.1 Å². The molecule has 0 bridgehead atoms. The van der Waals surface area contributed by atoms with Gasteiger partial charge in [-0.2, -0.15) is 0 Å². The molecule has 0 aromatic heterocycles. The number of ether oxygens (including phenoxy) is 1. The van der Waals surface area contributed by atoms with Gasteiger partial charge in [0.1, 0.15) is 5.82 Å². The van der Waals surface area contributed by atoms with Crippen LogP contribution in [0.2, 0.25) is 0 Å². The molecule has 100 valence electrons. The van der Waals surface area contributed by atoms with Gasteiger partial charge in [-0.3, -0.25) is 0 Å². The van der Waals surface area contributed by atoms with Crippen molar-refractivity contribution in [3.8, 4) is 0 Å². The molecule has 18 heavy (non-hydrogen) atoms. The van der Waals surface area contributed by atoms with E-state index in [0.717, 1.165) is 0 Å². The molecule has 0 spiro atoms. The molecule has 2 unspecified atom stereocenters. The first-order chi connectivity index (χ1) is 8.62. The van der Waals surface area contributed by atoms with Crippen LogP contribution in [0.15, 0.2) is 18.2 Å². The van der Waals surface area contributed by atoms with Crippen molar-refractivity contribution >= 4 is 5.69 Å². The number of hydrogen-bond donors (Lipinski definition) is 2. The summed E-state index contributed by atoms with van der Waals surface area (Å²) < 4.78 is 19.0. The van der Waals surface area contributed by atoms with Crippen molar-refractivity contribution in [3.05, 3.63) is 29.6 Å². The average Bonchev–Trinajstić information content (AvgIpc) is 2.37. The van der Waals surface area contributed by atoms with E-state index in [4.69, 9.17) is 14.9 Å². The summed E-state index contributed by atoms with van der Waals surface area (Å²) in [6, 6.07) is 4.51. The third kappa shape index (κ3) is 2.98. The summed E-state index contributed by atoms with van der Waals surface area (Å²) in [5.74, 6) is -0.365. The van der Waals surface area contributed by atoms with Gasteiger partial charge in [0.2, 0.25) is 0 Å². The van der Waals surface area contributed by atoms with Crippen LogP contribution in [0.5, 0.6) is 0 Å². The third-order valence-electron chi connectivity index (χ3n) is 3.02. The van der Waals surface area contributed by atoms with Crippen LogP contribution in [0.4, 0.5) is 10.1 Å². The third-order valence-corrected chi connectivity index (χ3v) is 3.02. The molecule has 2 atom stereocenters. The summed E-state index contributed by atoms with van der Waals surface area (Å²) in [4.78, 5) is 1.97. The van der Waals surface area contributed by atoms with Crippen LogP contribution in [0, 0.1) is 5.82 Å². The minimum absolute atomic E-state index is 0.0169. The molecule has 1 fully saturated rings. The Labute approximate surface area is 106 Å². The van der Waals surface area contributed by atoms with Crippen molar-refractivity contribution in [1.82, 2.24) is 0 Å². The maximum absolute atomic E-state index is 13.4. The number of hydrogen-bond acceptors (Lipinski definition) is 4. The number of nitrogens with zero attached hydrogens (tertiary/aromatic N) is 1. The van der Waals surface area contributed by atoms with Gasteiger partial charge in [0.05, 0.1) is 25.4 Å². The highest BCUT2D eigenvalue weighted by atomic mass is 19.1. The van der Waals surface area contributed by atoms with Crippen LogP contribution in [0.3, 0.4) is 0 Å². The second-order valence-electron chi connectivity index (χ2n) is 4.63. The molecular formula is C13H18FNO3. The molecule has 0 radical (unpaired) electrons. The Morgan fingerprint density at radius 1 is 1.33 bits per heavy atom. The number of halogens is 1. The highest BCUT2D eigenvalue weighted by molar-refractivity contribution is 5.49. The number of aliphatic hydroxyl groups is 2. The smallest absolute Gasteiger partial charge is 0.125 e. The highest BCUT2D eigenvalue weighted by Gasteiger charge is 2.25. The summed E-state index contributed by atoms with van der Waals surface area (Å²) in [6.07, 6.45) is -0.272. The van der Waals surface area contributed by atoms with E-state index in [9.17, 15) is 4.39 Å². The summed E-state index contributed by atoms with van der Waals surface area (Å²) in [5, 5.41) is 18.2. The predicted octanol–water partition coefficient (Wildman–Crippen LogP) is 0.904. The predicted molar refractivity (Wildman–Crippen MR) is 66.0 cm³/mol. The SMILES string of the molecule is CC1CN(c2cc(F)cc(CO)c2)CC(CO)O1. The molecule has 2 rings (SSSR count). The first kappa shape index (κ1) is 13.3. The van der Waals surface area contributed by atoms with Gasteiger partial charge in [-0.1, -0.05) is 0 Å². The van der Waals surface area contributed by atoms with Crippen LogP contribution < -0.4 is 4.90 Å². The first-order valence-corrected chi connectivity index (χ1v) is 6.04. The Morgan fingerprint density at radius 2 is 2.11 bits per heavy atom. The zero-order valence-corrected chi connectivity index (χ0v) is 10.3. The molecule has 1 heterocycles. The maximum Gasteiger partial charge on any atom is 0.125 e. The van der Waals surface area contributed by atoms with Gasteiger partial charge >= 0.3 is 0 Å². The van der Waals surface area contributed by atoms with Gasteiger partial charge in [-0.15, -0.1) is 0 Å². The van der Waals surface area contributed by atoms with Crippen molar-refractivity contribution in [2.45, 2.75) is 25.7 Å². The van der Waals surface area contributed by atoms with Crippen molar-refractivity contribution in [2.75, 3.05) is 24.6 Å². The van der Waals surface area contributed by atoms with Gasteiger partial charge in [0.15, 0.2) is 0 Å². The number of morpholine rings is 1. The highest BCUT2D eigenvalue weighted by Crippen LogP contribution is 2.23. The fourth-order valence-electron chi connectivity index (χ4n) is 2.26. The van der Waals surface area contributed by atoms with E-state index in [1.54, 1.807) is 6.07 Å². The molecular weight excluding hydrogens is 237 g/mol. The molecule has 1 aromatic rings. The lowest BCUT2D eigenvalue weighted by Crippen LogP contribution is -2.48. The van der Waals surface area contributed by atoms with E-state index < -0.39 is 0 Å². The topological polar surface area (TPSA) is 52.9 Å². The lowest BCUT2D eigenvalue weighted by atomic mass is 10.1. The fourth-order valence-corrected chi connectivity index (χ4v) is 2.26. The van der Waals surface area contributed by atoms with Gasteiger partial charge in [-0.05, 0) is 30.7 Å². The monoisotopic (exact) mass is 255 g/mol. The van der Waals surface area contributed by atoms with Gasteiger partial charge in [0.25, 0.3) is 0 Å². The van der Waals surface area contributed by atoms with E-state index in [0.29, 0.717) is 24.3 Å². The lowest BCUT2D eigenvalue weighted by Gasteiger charge is -2.37. The summed E-state index contributed by atoms with van der Waals surface area (Å²) in [5.41, 5.74) is 1.26. The van der Waals surface area contributed by atoms with E-state index in [2.05, 4.69) is 0 Å². The van der Waals surface area contributed by atoms with E-state index in [1.165, 1.54) is 12.1 Å². The molecule has 5 heteroatoms. The largest absolute Gasteiger partial charge is 0.394 e. The van der Waals surface area contributed by atoms with Gasteiger partial charge < -0.3 is 19.8 Å². The van der Waals surface area contributed by atoms with Gasteiger partial charge in [-0.25, -0.2) is 4.39 Å². The minimum Gasteiger partial charge on any atom is -0.394 e. The number of rotatable bonds is 3. The van der Waals surface area contributed by atoms with Crippen LogP contribution in [0.1, 0.15) is 12.5 Å². The molecule has 1 aliphatic heterocycles. The molecule has 0 saturated carbocycles. The lowest BCUT2D eigenvalue weighted by molar-refractivity contribution is -0.0421. The summed E-state index contributed by atoms with van der Waals surface area (Å²) in [6.45, 7) is 2.85. The second kappa shape index (κ2) is 5.65. The molecule has 0 amide bonds.